The molecule has 0 bridgehead atoms. The lowest BCUT2D eigenvalue weighted by Crippen LogP contribution is -2.24. The summed E-state index contributed by atoms with van der Waals surface area (Å²) in [6.07, 6.45) is 1.24. The van der Waals surface area contributed by atoms with Crippen LogP contribution in [0, 0.1) is 10.1 Å². The van der Waals surface area contributed by atoms with Gasteiger partial charge in [-0.2, -0.15) is 5.10 Å². The maximum atomic E-state index is 11.4. The lowest BCUT2D eigenvalue weighted by molar-refractivity contribution is -0.387. The number of nitrogens with zero attached hydrogens (tertiary/aromatic N) is 4. The van der Waals surface area contributed by atoms with Crippen molar-refractivity contribution in [2.45, 2.75) is 10.1 Å². The van der Waals surface area contributed by atoms with Crippen LogP contribution in [0.3, 0.4) is 0 Å². The average Bonchev–Trinajstić information content (AvgIpc) is 3.10. The number of aromatic nitrogens is 3. The Kier molecular flexibility index (Phi) is 6.32. The summed E-state index contributed by atoms with van der Waals surface area (Å²) >= 11 is 13.1. The van der Waals surface area contributed by atoms with Crippen LogP contribution in [0.5, 0.6) is 0 Å². The van der Waals surface area contributed by atoms with Crippen molar-refractivity contribution in [3.63, 3.8) is 0 Å². The van der Waals surface area contributed by atoms with Gasteiger partial charge in [0.25, 0.3) is 5.69 Å². The molecule has 0 aliphatic rings. The van der Waals surface area contributed by atoms with Gasteiger partial charge in [0.1, 0.15) is 0 Å². The Morgan fingerprint density at radius 2 is 2.10 bits per heavy atom. The number of benzene rings is 2. The van der Waals surface area contributed by atoms with Crippen LogP contribution in [0.1, 0.15) is 5.56 Å². The van der Waals surface area contributed by atoms with E-state index in [1.807, 2.05) is 5.43 Å². The molecule has 29 heavy (non-hydrogen) atoms. The first kappa shape index (κ1) is 20.6. The number of nitrogens with two attached hydrogens (primary N) is 1. The van der Waals surface area contributed by atoms with Crippen LogP contribution in [-0.4, -0.2) is 32.4 Å². The number of hydrogen-bond acceptors (Lipinski definition) is 7. The number of primary amides is 1. The molecule has 10 nitrogen and oxygen atoms in total. The SMILES string of the molecule is NC(=O)N/N=C\c1ccc(Sc2n[nH]c(-c3ccc(Cl)cc3Cl)n2)c([N+](=O)[O-])c1. The molecule has 1 aromatic heterocycles. The van der Waals surface area contributed by atoms with Crippen LogP contribution in [-0.2, 0) is 0 Å². The van der Waals surface area contributed by atoms with E-state index in [1.165, 1.54) is 18.3 Å². The van der Waals surface area contributed by atoms with Gasteiger partial charge in [0.2, 0.25) is 5.16 Å². The van der Waals surface area contributed by atoms with Gasteiger partial charge in [-0.25, -0.2) is 15.2 Å². The van der Waals surface area contributed by atoms with Crippen molar-refractivity contribution >= 4 is 52.9 Å². The lowest BCUT2D eigenvalue weighted by atomic mass is 10.2. The van der Waals surface area contributed by atoms with E-state index in [1.54, 1.807) is 24.3 Å². The minimum Gasteiger partial charge on any atom is -0.350 e. The van der Waals surface area contributed by atoms with Crippen molar-refractivity contribution in [2.24, 2.45) is 10.8 Å². The molecular formula is C16H11Cl2N7O3S. The third-order valence-electron chi connectivity index (χ3n) is 3.42. The fraction of sp³-hybridized carbons (Fsp3) is 0. The smallest absolute Gasteiger partial charge is 0.332 e. The maximum absolute atomic E-state index is 11.4. The average molecular weight is 452 g/mol. The number of nitro groups is 1. The maximum Gasteiger partial charge on any atom is 0.332 e. The number of rotatable bonds is 6. The molecule has 13 heteroatoms. The Morgan fingerprint density at radius 3 is 2.79 bits per heavy atom. The second-order valence-corrected chi connectivity index (χ2v) is 7.26. The van der Waals surface area contributed by atoms with E-state index < -0.39 is 11.0 Å². The highest BCUT2D eigenvalue weighted by atomic mass is 35.5. The van der Waals surface area contributed by atoms with Crippen LogP contribution >= 0.6 is 35.0 Å². The molecule has 3 rings (SSSR count). The van der Waals surface area contributed by atoms with Crippen molar-refractivity contribution in [3.05, 3.63) is 62.1 Å². The van der Waals surface area contributed by atoms with Crippen molar-refractivity contribution in [1.82, 2.24) is 20.6 Å². The number of H-pyrrole nitrogens is 1. The number of carbonyl (C=O) groups excluding carboxylic acids is 1. The number of urea groups is 1. The summed E-state index contributed by atoms with van der Waals surface area (Å²) in [5.74, 6) is 0.401. The highest BCUT2D eigenvalue weighted by molar-refractivity contribution is 7.99. The Morgan fingerprint density at radius 1 is 1.31 bits per heavy atom. The van der Waals surface area contributed by atoms with Crippen molar-refractivity contribution in [3.8, 4) is 11.4 Å². The number of aromatic amines is 1. The molecule has 1 heterocycles. The zero-order valence-corrected chi connectivity index (χ0v) is 16.6. The monoisotopic (exact) mass is 451 g/mol. The first-order valence-electron chi connectivity index (χ1n) is 7.76. The second kappa shape index (κ2) is 8.90. The fourth-order valence-electron chi connectivity index (χ4n) is 2.21. The van der Waals surface area contributed by atoms with E-state index in [-0.39, 0.29) is 10.8 Å². The standard InChI is InChI=1S/C16H11Cl2N7O3S/c17-9-2-3-10(11(18)6-9)14-21-16(24-22-14)29-13-4-1-8(5-12(13)25(27)28)7-20-23-15(19)26/h1-7H,(H3,19,23,26)(H,21,22,24)/b20-7-. The second-order valence-electron chi connectivity index (χ2n) is 5.41. The largest absolute Gasteiger partial charge is 0.350 e. The van der Waals surface area contributed by atoms with E-state index in [4.69, 9.17) is 28.9 Å². The first-order chi connectivity index (χ1) is 13.8. The van der Waals surface area contributed by atoms with Gasteiger partial charge in [-0.15, -0.1) is 5.10 Å². The van der Waals surface area contributed by atoms with E-state index in [0.29, 0.717) is 31.9 Å². The van der Waals surface area contributed by atoms with Gasteiger partial charge in [-0.05, 0) is 36.0 Å². The summed E-state index contributed by atoms with van der Waals surface area (Å²) in [6.45, 7) is 0. The molecule has 0 spiro atoms. The van der Waals surface area contributed by atoms with Crippen molar-refractivity contribution in [2.75, 3.05) is 0 Å². The van der Waals surface area contributed by atoms with Crippen LogP contribution in [0.25, 0.3) is 11.4 Å². The van der Waals surface area contributed by atoms with E-state index in [9.17, 15) is 14.9 Å². The minimum absolute atomic E-state index is 0.172. The van der Waals surface area contributed by atoms with Crippen LogP contribution < -0.4 is 11.2 Å². The number of carbonyl (C=O) groups is 1. The number of halogens is 2. The van der Waals surface area contributed by atoms with E-state index >= 15 is 0 Å². The summed E-state index contributed by atoms with van der Waals surface area (Å²) in [6, 6.07) is 8.51. The zero-order valence-electron chi connectivity index (χ0n) is 14.3. The van der Waals surface area contributed by atoms with Gasteiger partial charge >= 0.3 is 6.03 Å². The number of hydrazone groups is 1. The van der Waals surface area contributed by atoms with Crippen LogP contribution in [0.4, 0.5) is 10.5 Å². The lowest BCUT2D eigenvalue weighted by Gasteiger charge is -2.02. The molecule has 0 radical (unpaired) electrons. The van der Waals surface area contributed by atoms with Crippen LogP contribution in [0.15, 0.2) is 51.6 Å². The molecule has 0 fully saturated rings. The molecule has 148 valence electrons. The molecule has 0 aliphatic heterocycles. The molecule has 0 saturated heterocycles. The van der Waals surface area contributed by atoms with Gasteiger partial charge in [0.15, 0.2) is 5.82 Å². The Hall–Kier alpha value is -3.15. The third kappa shape index (κ3) is 5.22. The fourth-order valence-corrected chi connectivity index (χ4v) is 3.50. The zero-order chi connectivity index (χ0) is 21.0. The normalized spacial score (nSPS) is 11.0. The molecule has 3 aromatic rings. The minimum atomic E-state index is -0.843. The van der Waals surface area contributed by atoms with Gasteiger partial charge in [-0.3, -0.25) is 15.2 Å². The summed E-state index contributed by atoms with van der Waals surface area (Å²) in [5.41, 5.74) is 7.74. The molecule has 0 saturated carbocycles. The predicted molar refractivity (Wildman–Crippen MR) is 109 cm³/mol. The summed E-state index contributed by atoms with van der Waals surface area (Å²) < 4.78 is 0. The van der Waals surface area contributed by atoms with Gasteiger partial charge in [-0.1, -0.05) is 29.3 Å². The molecule has 2 aromatic carbocycles. The number of nitro benzene ring substituents is 1. The highest BCUT2D eigenvalue weighted by Gasteiger charge is 2.18. The molecular weight excluding hydrogens is 441 g/mol. The molecule has 0 aliphatic carbocycles. The Labute approximate surface area is 177 Å². The first-order valence-corrected chi connectivity index (χ1v) is 9.33. The Bertz CT molecular complexity index is 1120. The topological polar surface area (TPSA) is 152 Å². The summed E-state index contributed by atoms with van der Waals surface area (Å²) in [7, 11) is 0. The van der Waals surface area contributed by atoms with Gasteiger partial charge in [0, 0.05) is 22.2 Å². The predicted octanol–water partition coefficient (Wildman–Crippen LogP) is 3.84. The molecule has 4 N–H and O–H groups in total. The van der Waals surface area contributed by atoms with E-state index in [0.717, 1.165) is 11.8 Å². The Balaban J connectivity index is 1.84. The quantitative estimate of drug-likeness (QED) is 0.294. The van der Waals surface area contributed by atoms with Crippen LogP contribution in [0.2, 0.25) is 10.0 Å². The summed E-state index contributed by atoms with van der Waals surface area (Å²) in [4.78, 5) is 26.1. The number of amides is 2. The molecule has 2 amide bonds. The number of nitrogens with one attached hydrogen (secondary N) is 2. The molecule has 0 unspecified atom stereocenters. The summed E-state index contributed by atoms with van der Waals surface area (Å²) in [5, 5.41) is 23.0. The van der Waals surface area contributed by atoms with Crippen molar-refractivity contribution in [1.29, 1.82) is 0 Å². The highest BCUT2D eigenvalue weighted by Crippen LogP contribution is 2.35. The third-order valence-corrected chi connectivity index (χ3v) is 4.90. The molecule has 0 atom stereocenters. The number of hydrogen-bond donors (Lipinski definition) is 3. The van der Waals surface area contributed by atoms with Crippen molar-refractivity contribution < 1.29 is 9.72 Å². The van der Waals surface area contributed by atoms with E-state index in [2.05, 4.69) is 20.3 Å². The van der Waals surface area contributed by atoms with Gasteiger partial charge < -0.3 is 5.73 Å². The van der Waals surface area contributed by atoms with Gasteiger partial charge in [0.05, 0.1) is 21.1 Å².